The number of nitrogens with zero attached hydrogens (tertiary/aromatic N) is 7. The second kappa shape index (κ2) is 8.74. The summed E-state index contributed by atoms with van der Waals surface area (Å²) >= 11 is 0. The van der Waals surface area contributed by atoms with Crippen LogP contribution in [0, 0.1) is 5.41 Å². The van der Waals surface area contributed by atoms with Gasteiger partial charge in [-0.3, -0.25) is 19.4 Å². The molecule has 2 saturated heterocycles. The number of pyridine rings is 1. The highest BCUT2D eigenvalue weighted by Crippen LogP contribution is 2.50. The molecule has 0 radical (unpaired) electrons. The highest BCUT2D eigenvalue weighted by molar-refractivity contribution is 5.86. The zero-order valence-corrected chi connectivity index (χ0v) is 19.8. The first kappa shape index (κ1) is 21.8. The number of aromatic nitrogens is 5. The van der Waals surface area contributed by atoms with Crippen LogP contribution in [-0.2, 0) is 24.4 Å². The van der Waals surface area contributed by atoms with Crippen LogP contribution in [0.25, 0.3) is 0 Å². The lowest BCUT2D eigenvalue weighted by Crippen LogP contribution is -2.39. The number of hydrogen-bond donors (Lipinski definition) is 0. The third-order valence-electron chi connectivity index (χ3n) is 7.27. The molecule has 0 aromatic carbocycles. The minimum absolute atomic E-state index is 0.0914. The van der Waals surface area contributed by atoms with Gasteiger partial charge in [-0.2, -0.15) is 5.10 Å². The number of imidazole rings is 1. The molecule has 2 aliphatic rings. The highest BCUT2D eigenvalue weighted by atomic mass is 16.2. The monoisotopic (exact) mass is 447 g/mol. The molecule has 2 atom stereocenters. The van der Waals surface area contributed by atoms with E-state index in [4.69, 9.17) is 4.98 Å². The van der Waals surface area contributed by atoms with E-state index in [1.54, 1.807) is 12.4 Å². The van der Waals surface area contributed by atoms with E-state index in [0.29, 0.717) is 12.6 Å². The van der Waals surface area contributed by atoms with Crippen LogP contribution in [0.4, 0.5) is 0 Å². The largest absolute Gasteiger partial charge is 0.338 e. The van der Waals surface area contributed by atoms with E-state index in [1.807, 2.05) is 34.2 Å². The molecule has 3 aromatic heterocycles. The molecule has 0 bridgehead atoms. The summed E-state index contributed by atoms with van der Waals surface area (Å²) in [6.07, 6.45) is 12.6. The molecule has 0 unspecified atom stereocenters. The number of carbonyl (C=O) groups is 1. The minimum atomic E-state index is -0.427. The first-order valence-electron chi connectivity index (χ1n) is 11.9. The van der Waals surface area contributed by atoms with Gasteiger partial charge in [-0.1, -0.05) is 0 Å². The fourth-order valence-corrected chi connectivity index (χ4v) is 5.43. The van der Waals surface area contributed by atoms with Crippen LogP contribution in [0.2, 0.25) is 0 Å². The van der Waals surface area contributed by atoms with Crippen LogP contribution in [0.5, 0.6) is 0 Å². The maximum atomic E-state index is 13.9. The normalized spacial score (nSPS) is 23.5. The van der Waals surface area contributed by atoms with E-state index >= 15 is 0 Å². The van der Waals surface area contributed by atoms with Crippen molar-refractivity contribution in [1.82, 2.24) is 34.1 Å². The van der Waals surface area contributed by atoms with E-state index in [1.165, 1.54) is 5.56 Å². The van der Waals surface area contributed by atoms with Gasteiger partial charge < -0.3 is 9.47 Å². The van der Waals surface area contributed by atoms with Gasteiger partial charge in [0, 0.05) is 81.6 Å². The van der Waals surface area contributed by atoms with Crippen LogP contribution in [-0.4, -0.2) is 59.7 Å². The van der Waals surface area contributed by atoms with Crippen molar-refractivity contribution in [3.8, 4) is 0 Å². The van der Waals surface area contributed by atoms with Crippen molar-refractivity contribution in [3.05, 3.63) is 66.3 Å². The third-order valence-corrected chi connectivity index (χ3v) is 7.27. The van der Waals surface area contributed by atoms with Crippen LogP contribution >= 0.6 is 0 Å². The Kier molecular flexibility index (Phi) is 5.78. The maximum absolute atomic E-state index is 13.9. The Morgan fingerprint density at radius 3 is 2.67 bits per heavy atom. The lowest BCUT2D eigenvalue weighted by atomic mass is 9.75. The Morgan fingerprint density at radius 2 is 1.97 bits per heavy atom. The summed E-state index contributed by atoms with van der Waals surface area (Å²) in [6, 6.07) is 4.33. The predicted octanol–water partition coefficient (Wildman–Crippen LogP) is 3.09. The molecule has 5 rings (SSSR count). The Balaban J connectivity index is 1.42. The minimum Gasteiger partial charge on any atom is -0.338 e. The van der Waals surface area contributed by atoms with Gasteiger partial charge in [0.15, 0.2) is 0 Å². The molecule has 8 heteroatoms. The Bertz CT molecular complexity index is 1100. The molecule has 0 aliphatic carbocycles. The molecular weight excluding hydrogens is 414 g/mol. The summed E-state index contributed by atoms with van der Waals surface area (Å²) in [5.41, 5.74) is 2.93. The fourth-order valence-electron chi connectivity index (χ4n) is 5.43. The van der Waals surface area contributed by atoms with Crippen LogP contribution in [0.1, 0.15) is 56.0 Å². The van der Waals surface area contributed by atoms with E-state index in [-0.39, 0.29) is 11.8 Å². The zero-order chi connectivity index (χ0) is 23.0. The second-order valence-electron chi connectivity index (χ2n) is 9.75. The van der Waals surface area contributed by atoms with E-state index in [2.05, 4.69) is 52.7 Å². The van der Waals surface area contributed by atoms with Gasteiger partial charge in [-0.05, 0) is 44.9 Å². The lowest BCUT2D eigenvalue weighted by Gasteiger charge is -2.28. The van der Waals surface area contributed by atoms with Crippen LogP contribution in [0.3, 0.4) is 0 Å². The van der Waals surface area contributed by atoms with Crippen molar-refractivity contribution >= 4 is 5.91 Å². The second-order valence-corrected chi connectivity index (χ2v) is 9.75. The first-order chi connectivity index (χ1) is 16.0. The summed E-state index contributed by atoms with van der Waals surface area (Å²) in [7, 11) is 0. The fraction of sp³-hybridized carbons (Fsp3) is 0.520. The standard InChI is InChI=1S/C25H33N7O/c1-4-32-14-21(11-28-32)12-29-15-22(23-16-31(18-27-23)19(2)3)25(17-29)7-10-30(24(25)33)13-20-5-8-26-9-6-20/h5-6,8-9,11,14,16,18-19,22H,4,7,10,12-13,15,17H2,1-3H3/t22-,25+/m1/s1. The van der Waals surface area contributed by atoms with Crippen molar-refractivity contribution < 1.29 is 4.79 Å². The smallest absolute Gasteiger partial charge is 0.231 e. The summed E-state index contributed by atoms with van der Waals surface area (Å²) in [5, 5.41) is 4.43. The van der Waals surface area contributed by atoms with Gasteiger partial charge >= 0.3 is 0 Å². The molecule has 1 amide bonds. The highest BCUT2D eigenvalue weighted by Gasteiger charge is 2.57. The number of rotatable bonds is 7. The summed E-state index contributed by atoms with van der Waals surface area (Å²) in [4.78, 5) is 27.3. The number of hydrogen-bond acceptors (Lipinski definition) is 5. The van der Waals surface area contributed by atoms with Crippen molar-refractivity contribution in [1.29, 1.82) is 0 Å². The van der Waals surface area contributed by atoms with Gasteiger partial charge in [-0.25, -0.2) is 4.98 Å². The Hall–Kier alpha value is -3.00. The average molecular weight is 448 g/mol. The molecule has 33 heavy (non-hydrogen) atoms. The summed E-state index contributed by atoms with van der Waals surface area (Å²) in [5.74, 6) is 0.351. The van der Waals surface area contributed by atoms with Gasteiger partial charge in [0.25, 0.3) is 0 Å². The summed E-state index contributed by atoms with van der Waals surface area (Å²) in [6.45, 7) is 11.1. The molecule has 2 fully saturated rings. The number of amides is 1. The molecule has 8 nitrogen and oxygen atoms in total. The SMILES string of the molecule is CCn1cc(CN2C[C@H](c3cn(C(C)C)cn3)[C@]3(CCN(Cc4ccncc4)C3=O)C2)cn1. The van der Waals surface area contributed by atoms with Gasteiger partial charge in [0.2, 0.25) is 5.91 Å². The molecule has 174 valence electrons. The average Bonchev–Trinajstić information content (AvgIpc) is 3.59. The quantitative estimate of drug-likeness (QED) is 0.557. The number of aryl methyl sites for hydroxylation is 1. The third kappa shape index (κ3) is 4.08. The summed E-state index contributed by atoms with van der Waals surface area (Å²) < 4.78 is 4.10. The van der Waals surface area contributed by atoms with Crippen LogP contribution < -0.4 is 0 Å². The molecule has 1 spiro atoms. The topological polar surface area (TPSA) is 72.1 Å². The Morgan fingerprint density at radius 1 is 1.15 bits per heavy atom. The number of likely N-dealkylation sites (tertiary alicyclic amines) is 2. The maximum Gasteiger partial charge on any atom is 0.231 e. The van der Waals surface area contributed by atoms with E-state index in [0.717, 1.165) is 50.4 Å². The molecular formula is C25H33N7O. The molecule has 3 aromatic rings. The number of carbonyl (C=O) groups excluding carboxylic acids is 1. The Labute approximate surface area is 195 Å². The van der Waals surface area contributed by atoms with Crippen molar-refractivity contribution in [2.24, 2.45) is 5.41 Å². The predicted molar refractivity (Wildman–Crippen MR) is 125 cm³/mol. The van der Waals surface area contributed by atoms with E-state index < -0.39 is 5.41 Å². The van der Waals surface area contributed by atoms with Crippen molar-refractivity contribution in [2.45, 2.75) is 58.8 Å². The molecule has 5 heterocycles. The van der Waals surface area contributed by atoms with Crippen LogP contribution in [0.15, 0.2) is 49.4 Å². The van der Waals surface area contributed by atoms with Crippen molar-refractivity contribution in [3.63, 3.8) is 0 Å². The molecule has 0 saturated carbocycles. The molecule has 2 aliphatic heterocycles. The van der Waals surface area contributed by atoms with E-state index in [9.17, 15) is 4.79 Å². The first-order valence-corrected chi connectivity index (χ1v) is 11.9. The van der Waals surface area contributed by atoms with Crippen molar-refractivity contribution in [2.75, 3.05) is 19.6 Å². The zero-order valence-electron chi connectivity index (χ0n) is 19.8. The van der Waals surface area contributed by atoms with Gasteiger partial charge in [0.1, 0.15) is 0 Å². The molecule has 0 N–H and O–H groups in total. The van der Waals surface area contributed by atoms with Gasteiger partial charge in [0.05, 0.1) is 23.6 Å². The van der Waals surface area contributed by atoms with Gasteiger partial charge in [-0.15, -0.1) is 0 Å². The lowest BCUT2D eigenvalue weighted by molar-refractivity contribution is -0.136.